The van der Waals surface area contributed by atoms with Crippen molar-refractivity contribution in [2.24, 2.45) is 0 Å². The summed E-state index contributed by atoms with van der Waals surface area (Å²) in [6.45, 7) is 25.6. The van der Waals surface area contributed by atoms with Crippen molar-refractivity contribution in [1.82, 2.24) is 0 Å². The zero-order valence-corrected chi connectivity index (χ0v) is 41.3. The van der Waals surface area contributed by atoms with Crippen LogP contribution < -0.4 is 21.7 Å². The van der Waals surface area contributed by atoms with E-state index in [0.717, 1.165) is 13.2 Å². The molecule has 18 heteroatoms. The van der Waals surface area contributed by atoms with Gasteiger partial charge in [0.2, 0.25) is 0 Å². The van der Waals surface area contributed by atoms with E-state index in [0.29, 0.717) is 17.8 Å². The van der Waals surface area contributed by atoms with E-state index in [9.17, 15) is 65.9 Å². The van der Waals surface area contributed by atoms with Gasteiger partial charge in [-0.3, -0.25) is 0 Å². The van der Waals surface area contributed by atoms with Gasteiger partial charge < -0.3 is 4.74 Å². The predicted molar refractivity (Wildman–Crippen MR) is 246 cm³/mol. The maximum atomic E-state index is 14.4. The average Bonchev–Trinajstić information content (AvgIpc) is 3.87. The van der Waals surface area contributed by atoms with Crippen LogP contribution in [-0.2, 0) is 4.74 Å². The molecule has 0 radical (unpaired) electrons. The van der Waals surface area contributed by atoms with Gasteiger partial charge in [-0.15, -0.1) is 16.4 Å². The van der Waals surface area contributed by atoms with Gasteiger partial charge in [0.25, 0.3) is 0 Å². The molecule has 6 rings (SSSR count). The van der Waals surface area contributed by atoms with Gasteiger partial charge in [-0.1, -0.05) is 71.9 Å². The summed E-state index contributed by atoms with van der Waals surface area (Å²) in [7, 11) is -0.840. The second-order valence-corrected chi connectivity index (χ2v) is 24.2. The van der Waals surface area contributed by atoms with Crippen LogP contribution >= 0.6 is 7.92 Å². The van der Waals surface area contributed by atoms with Crippen LogP contribution in [0.3, 0.4) is 0 Å². The average molecular weight is 1010 g/mol. The van der Waals surface area contributed by atoms with Gasteiger partial charge in [-0.25, -0.2) is 65.9 Å². The summed E-state index contributed by atoms with van der Waals surface area (Å²) in [4.78, 5) is 0. The van der Waals surface area contributed by atoms with Gasteiger partial charge in [-0.2, -0.15) is 0 Å². The molecule has 5 aromatic rings. The standard InChI is InChI=1S/C29H45P.C18HBF15.C4H8O/c1-19(2)22-17-24(20(3)4)27(25(18-22)21(5)6)23-15-13-14-16-26(23)30(28(7,8)9)29(10,11)12;20-4-1(5(21)11(27)16(32)10(4)26)19(2-6(22)12(28)17(33)13(29)7(2)23)3-8(24)14(30)18(34)15(31)9(3)25;1-2-4-5-3-1/h13-21H,1-12H3;19H;1-4H2/q;-1;/p+1. The Morgan fingerprint density at radius 1 is 0.435 bits per heavy atom. The monoisotopic (exact) mass is 1010 g/mol. The molecule has 69 heavy (non-hydrogen) atoms. The van der Waals surface area contributed by atoms with E-state index in [1.807, 2.05) is 0 Å². The van der Waals surface area contributed by atoms with E-state index >= 15 is 0 Å². The maximum absolute atomic E-state index is 14.4. The third kappa shape index (κ3) is 11.7. The van der Waals surface area contributed by atoms with Gasteiger partial charge in [0.05, 0.1) is 17.0 Å². The van der Waals surface area contributed by atoms with Crippen molar-refractivity contribution in [3.8, 4) is 11.1 Å². The first-order valence-electron chi connectivity index (χ1n) is 22.3. The van der Waals surface area contributed by atoms with Gasteiger partial charge in [-0.05, 0) is 100 Å². The molecule has 1 heterocycles. The van der Waals surface area contributed by atoms with Crippen LogP contribution in [0.5, 0.6) is 0 Å². The fourth-order valence-corrected chi connectivity index (χ4v) is 13.6. The lowest BCUT2D eigenvalue weighted by Crippen LogP contribution is -2.60. The van der Waals surface area contributed by atoms with E-state index in [1.165, 1.54) is 40.7 Å². The first-order chi connectivity index (χ1) is 31.8. The highest BCUT2D eigenvalue weighted by molar-refractivity contribution is 7.68. The third-order valence-corrected chi connectivity index (χ3v) is 15.9. The Bertz CT molecular complexity index is 2380. The molecule has 0 bridgehead atoms. The molecule has 1 nitrogen and oxygen atoms in total. The maximum Gasteiger partial charge on any atom is 0.200 e. The van der Waals surface area contributed by atoms with Gasteiger partial charge >= 0.3 is 0 Å². The minimum atomic E-state index is -5.16. The Balaban J connectivity index is 0.000000274. The molecule has 1 saturated heterocycles. The zero-order chi connectivity index (χ0) is 52.5. The molecule has 1 fully saturated rings. The van der Waals surface area contributed by atoms with Crippen molar-refractivity contribution in [2.45, 2.75) is 124 Å². The molecular weight excluding hydrogens is 955 g/mol. The lowest BCUT2D eigenvalue weighted by molar-refractivity contribution is 0.198. The van der Waals surface area contributed by atoms with Gasteiger partial charge in [0.1, 0.15) is 40.2 Å². The molecule has 0 unspecified atom stereocenters. The summed E-state index contributed by atoms with van der Waals surface area (Å²) in [5.74, 6) is -43.3. The quantitative estimate of drug-likeness (QED) is 0.0495. The van der Waals surface area contributed by atoms with Crippen molar-refractivity contribution in [1.29, 1.82) is 0 Å². The van der Waals surface area contributed by atoms with Crippen molar-refractivity contribution < 1.29 is 70.6 Å². The molecule has 0 amide bonds. The summed E-state index contributed by atoms with van der Waals surface area (Å²) in [6.07, 6.45) is 2.56. The highest BCUT2D eigenvalue weighted by atomic mass is 31.1. The molecular formula is C51H55BF15OP. The zero-order valence-electron chi connectivity index (χ0n) is 40.3. The molecule has 0 aromatic heterocycles. The second-order valence-electron chi connectivity index (χ2n) is 20.0. The van der Waals surface area contributed by atoms with E-state index in [2.05, 4.69) is 119 Å². The fraction of sp³-hybridized carbons (Fsp3) is 0.412. The van der Waals surface area contributed by atoms with E-state index < -0.39 is 118 Å². The van der Waals surface area contributed by atoms with Crippen LogP contribution in [0.1, 0.15) is 130 Å². The van der Waals surface area contributed by atoms with Crippen LogP contribution in [-0.4, -0.2) is 30.2 Å². The second kappa shape index (κ2) is 22.3. The van der Waals surface area contributed by atoms with Crippen LogP contribution in [0.25, 0.3) is 11.1 Å². The number of hydrogen-bond donors (Lipinski definition) is 0. The molecule has 0 atom stereocenters. The third-order valence-electron chi connectivity index (χ3n) is 11.9. The Kier molecular flexibility index (Phi) is 18.4. The van der Waals surface area contributed by atoms with Crippen molar-refractivity contribution in [2.75, 3.05) is 13.2 Å². The van der Waals surface area contributed by atoms with Crippen molar-refractivity contribution in [3.05, 3.63) is 140 Å². The lowest BCUT2D eigenvalue weighted by atomic mass is 9.36. The number of hydrogen-bond acceptors (Lipinski definition) is 1. The molecule has 1 aliphatic rings. The molecule has 378 valence electrons. The number of ether oxygens (including phenoxy) is 1. The predicted octanol–water partition coefficient (Wildman–Crippen LogP) is 14.0. The Morgan fingerprint density at radius 3 is 0.971 bits per heavy atom. The molecule has 0 spiro atoms. The topological polar surface area (TPSA) is 9.23 Å². The first-order valence-corrected chi connectivity index (χ1v) is 23.8. The summed E-state index contributed by atoms with van der Waals surface area (Å²) < 4.78 is 214. The van der Waals surface area contributed by atoms with Crippen LogP contribution in [0.15, 0.2) is 36.4 Å². The number of benzene rings is 5. The molecule has 0 N–H and O–H groups in total. The smallest absolute Gasteiger partial charge is 0.200 e. The fourth-order valence-electron chi connectivity index (χ4n) is 9.04. The first kappa shape index (κ1) is 57.1. The van der Waals surface area contributed by atoms with E-state index in [1.54, 1.807) is 5.30 Å². The summed E-state index contributed by atoms with van der Waals surface area (Å²) in [6, 6.07) is 14.3. The molecule has 0 saturated carbocycles. The van der Waals surface area contributed by atoms with E-state index in [-0.39, 0.29) is 10.3 Å². The Morgan fingerprint density at radius 2 is 0.725 bits per heavy atom. The largest absolute Gasteiger partial charge is 0.381 e. The molecule has 5 aromatic carbocycles. The van der Waals surface area contributed by atoms with Gasteiger partial charge in [0, 0.05) is 26.7 Å². The van der Waals surface area contributed by atoms with Crippen molar-refractivity contribution in [3.63, 3.8) is 0 Å². The molecule has 0 aliphatic carbocycles. The highest BCUT2D eigenvalue weighted by Gasteiger charge is 2.45. The highest BCUT2D eigenvalue weighted by Crippen LogP contribution is 2.60. The summed E-state index contributed by atoms with van der Waals surface area (Å²) in [5, 5.41) is 2.17. The van der Waals surface area contributed by atoms with Gasteiger partial charge in [0.15, 0.2) is 52.4 Å². The Hall–Kier alpha value is -4.50. The summed E-state index contributed by atoms with van der Waals surface area (Å²) in [5.41, 5.74) is -0.285. The van der Waals surface area contributed by atoms with Crippen LogP contribution in [0.2, 0.25) is 0 Å². The molecule has 1 aliphatic heterocycles. The minimum Gasteiger partial charge on any atom is -0.381 e. The van der Waals surface area contributed by atoms with Crippen LogP contribution in [0.4, 0.5) is 65.9 Å². The van der Waals surface area contributed by atoms with E-state index in [4.69, 9.17) is 4.74 Å². The minimum absolute atomic E-state index is 0.285. The lowest BCUT2D eigenvalue weighted by Gasteiger charge is -2.35. The normalized spacial score (nSPS) is 13.2. The Labute approximate surface area is 394 Å². The number of rotatable bonds is 8. The van der Waals surface area contributed by atoms with Crippen molar-refractivity contribution >= 4 is 36.3 Å². The summed E-state index contributed by atoms with van der Waals surface area (Å²) >= 11 is 0. The SMILES string of the molecule is C1CCOC1.CC(C)c1cc(C(C)C)c(-c2ccccc2[PH+](C(C)(C)C)C(C)(C)C)c(C(C)C)c1.Fc1c(F)c(F)c([BH-](c2c(F)c(F)c(F)c(F)c2F)c2c(F)c(F)c(F)c(F)c2F)c(F)c1F. The van der Waals surface area contributed by atoms with Crippen LogP contribution in [0, 0.1) is 87.3 Å². The number of halogens is 15.